The van der Waals surface area contributed by atoms with E-state index in [1.165, 1.54) is 32.1 Å². The SMILES string of the molecule is C1CCCC1.CC(C)CC(Cl)(Cl)CC(C)C. The van der Waals surface area contributed by atoms with Crippen LogP contribution in [-0.2, 0) is 0 Å². The lowest BCUT2D eigenvalue weighted by atomic mass is 10.00. The van der Waals surface area contributed by atoms with E-state index in [-0.39, 0.29) is 0 Å². The molecule has 0 aromatic rings. The molecule has 0 aliphatic heterocycles. The fraction of sp³-hybridized carbons (Fsp3) is 1.00. The highest BCUT2D eigenvalue weighted by Crippen LogP contribution is 2.35. The molecule has 0 amide bonds. The third kappa shape index (κ3) is 11.1. The summed E-state index contributed by atoms with van der Waals surface area (Å²) in [6.45, 7) is 8.55. The van der Waals surface area contributed by atoms with E-state index >= 15 is 0 Å². The van der Waals surface area contributed by atoms with Crippen molar-refractivity contribution < 1.29 is 0 Å². The molecule has 1 saturated carbocycles. The smallest absolute Gasteiger partial charge is 0.102 e. The summed E-state index contributed by atoms with van der Waals surface area (Å²) < 4.78 is -0.512. The van der Waals surface area contributed by atoms with E-state index in [1.807, 2.05) is 0 Å². The molecule has 0 aromatic carbocycles. The van der Waals surface area contributed by atoms with Crippen LogP contribution < -0.4 is 0 Å². The molecule has 0 aromatic heterocycles. The first kappa shape index (κ1) is 16.6. The second-order valence-corrected chi connectivity index (χ2v) is 7.46. The van der Waals surface area contributed by atoms with E-state index in [9.17, 15) is 0 Å². The predicted molar refractivity (Wildman–Crippen MR) is 76.4 cm³/mol. The van der Waals surface area contributed by atoms with Gasteiger partial charge in [-0.3, -0.25) is 0 Å². The van der Waals surface area contributed by atoms with Crippen LogP contribution >= 0.6 is 23.2 Å². The monoisotopic (exact) mass is 266 g/mol. The first-order valence-electron chi connectivity index (χ1n) is 6.71. The number of hydrogen-bond donors (Lipinski definition) is 0. The molecule has 0 spiro atoms. The summed E-state index contributed by atoms with van der Waals surface area (Å²) in [5, 5.41) is 0. The second-order valence-electron chi connectivity index (χ2n) is 5.82. The van der Waals surface area contributed by atoms with Gasteiger partial charge in [0, 0.05) is 0 Å². The Hall–Kier alpha value is 0.580. The summed E-state index contributed by atoms with van der Waals surface area (Å²) in [5.74, 6) is 1.15. The van der Waals surface area contributed by atoms with Crippen molar-refractivity contribution >= 4 is 23.2 Å². The minimum absolute atomic E-state index is 0.512. The normalized spacial score (nSPS) is 16.5. The average Bonchev–Trinajstić information content (AvgIpc) is 2.52. The Morgan fingerprint density at radius 3 is 1.19 bits per heavy atom. The van der Waals surface area contributed by atoms with Crippen LogP contribution in [0.4, 0.5) is 0 Å². The van der Waals surface area contributed by atoms with E-state index in [0.717, 1.165) is 12.8 Å². The molecule has 1 rings (SSSR count). The highest BCUT2D eigenvalue weighted by Gasteiger charge is 2.25. The molecular formula is C14H28Cl2. The average molecular weight is 267 g/mol. The molecule has 0 bridgehead atoms. The van der Waals surface area contributed by atoms with Crippen molar-refractivity contribution in [3.05, 3.63) is 0 Å². The van der Waals surface area contributed by atoms with Gasteiger partial charge < -0.3 is 0 Å². The van der Waals surface area contributed by atoms with Crippen molar-refractivity contribution in [3.63, 3.8) is 0 Å². The Morgan fingerprint density at radius 2 is 1.00 bits per heavy atom. The zero-order valence-electron chi connectivity index (χ0n) is 11.4. The number of hydrogen-bond acceptors (Lipinski definition) is 0. The summed E-state index contributed by atoms with van der Waals surface area (Å²) in [6, 6.07) is 0. The molecule has 1 aliphatic rings. The van der Waals surface area contributed by atoms with Crippen LogP contribution in [0.25, 0.3) is 0 Å². The van der Waals surface area contributed by atoms with Gasteiger partial charge >= 0.3 is 0 Å². The van der Waals surface area contributed by atoms with Gasteiger partial charge in [-0.25, -0.2) is 0 Å². The summed E-state index contributed by atoms with van der Waals surface area (Å²) in [6.07, 6.45) is 9.27. The minimum Gasteiger partial charge on any atom is -0.102 e. The molecular weight excluding hydrogens is 239 g/mol. The fourth-order valence-corrected chi connectivity index (χ4v) is 3.40. The van der Waals surface area contributed by atoms with E-state index in [0.29, 0.717) is 11.8 Å². The number of alkyl halides is 2. The summed E-state index contributed by atoms with van der Waals surface area (Å²) in [4.78, 5) is 0. The molecule has 16 heavy (non-hydrogen) atoms. The third-order valence-corrected chi connectivity index (χ3v) is 3.28. The first-order chi connectivity index (χ1) is 7.33. The molecule has 98 valence electrons. The maximum absolute atomic E-state index is 6.09. The first-order valence-corrected chi connectivity index (χ1v) is 7.47. The standard InChI is InChI=1S/C9H18Cl2.C5H10/c1-7(2)5-9(10,11)6-8(3)4;1-2-4-5-3-1/h7-8H,5-6H2,1-4H3;1-5H2. The maximum atomic E-state index is 6.09. The van der Waals surface area contributed by atoms with Crippen molar-refractivity contribution in [3.8, 4) is 0 Å². The van der Waals surface area contributed by atoms with E-state index in [4.69, 9.17) is 23.2 Å². The van der Waals surface area contributed by atoms with Gasteiger partial charge in [0.25, 0.3) is 0 Å². The Morgan fingerprint density at radius 1 is 0.750 bits per heavy atom. The lowest BCUT2D eigenvalue weighted by molar-refractivity contribution is 0.456. The van der Waals surface area contributed by atoms with Crippen LogP contribution in [0.15, 0.2) is 0 Å². The number of halogens is 2. The second kappa shape index (κ2) is 8.64. The molecule has 0 radical (unpaired) electrons. The Kier molecular flexibility index (Phi) is 8.95. The largest absolute Gasteiger partial charge is 0.118 e. The highest BCUT2D eigenvalue weighted by atomic mass is 35.5. The summed E-state index contributed by atoms with van der Waals surface area (Å²) in [7, 11) is 0. The van der Waals surface area contributed by atoms with Crippen LogP contribution in [-0.4, -0.2) is 4.33 Å². The highest BCUT2D eigenvalue weighted by molar-refractivity contribution is 6.48. The molecule has 2 heteroatoms. The van der Waals surface area contributed by atoms with Crippen LogP contribution in [0.5, 0.6) is 0 Å². The lowest BCUT2D eigenvalue weighted by Gasteiger charge is -2.23. The van der Waals surface area contributed by atoms with E-state index < -0.39 is 4.33 Å². The van der Waals surface area contributed by atoms with Crippen LogP contribution in [0.1, 0.15) is 72.6 Å². The molecule has 1 aliphatic carbocycles. The fourth-order valence-electron chi connectivity index (χ4n) is 2.16. The summed E-state index contributed by atoms with van der Waals surface area (Å²) in [5.41, 5.74) is 0. The Bertz CT molecular complexity index is 139. The van der Waals surface area contributed by atoms with Gasteiger partial charge in [0.15, 0.2) is 0 Å². The molecule has 0 N–H and O–H groups in total. The van der Waals surface area contributed by atoms with E-state index in [2.05, 4.69) is 27.7 Å². The van der Waals surface area contributed by atoms with Gasteiger partial charge in [0.1, 0.15) is 4.33 Å². The zero-order valence-corrected chi connectivity index (χ0v) is 12.9. The third-order valence-electron chi connectivity index (χ3n) is 2.66. The minimum atomic E-state index is -0.512. The predicted octanol–water partition coefficient (Wildman–Crippen LogP) is 6.20. The molecule has 0 nitrogen and oxygen atoms in total. The summed E-state index contributed by atoms with van der Waals surface area (Å²) >= 11 is 12.2. The van der Waals surface area contributed by atoms with E-state index in [1.54, 1.807) is 0 Å². The molecule has 1 fully saturated rings. The van der Waals surface area contributed by atoms with Gasteiger partial charge in [-0.2, -0.15) is 0 Å². The van der Waals surface area contributed by atoms with Crippen molar-refractivity contribution in [1.82, 2.24) is 0 Å². The Balaban J connectivity index is 0.000000368. The van der Waals surface area contributed by atoms with Crippen molar-refractivity contribution in [2.75, 3.05) is 0 Å². The lowest BCUT2D eigenvalue weighted by Crippen LogP contribution is -2.18. The van der Waals surface area contributed by atoms with Crippen LogP contribution in [0.2, 0.25) is 0 Å². The van der Waals surface area contributed by atoms with Gasteiger partial charge in [-0.15, -0.1) is 23.2 Å². The quantitative estimate of drug-likeness (QED) is 0.532. The zero-order chi connectivity index (χ0) is 12.6. The van der Waals surface area contributed by atoms with Crippen LogP contribution in [0, 0.1) is 11.8 Å². The van der Waals surface area contributed by atoms with Crippen LogP contribution in [0.3, 0.4) is 0 Å². The van der Waals surface area contributed by atoms with Gasteiger partial charge in [0.05, 0.1) is 0 Å². The van der Waals surface area contributed by atoms with Gasteiger partial charge in [0.2, 0.25) is 0 Å². The molecule has 0 saturated heterocycles. The Labute approximate surface area is 112 Å². The topological polar surface area (TPSA) is 0 Å². The van der Waals surface area contributed by atoms with Crippen molar-refractivity contribution in [2.24, 2.45) is 11.8 Å². The molecule has 0 atom stereocenters. The van der Waals surface area contributed by atoms with Gasteiger partial charge in [-0.05, 0) is 24.7 Å². The van der Waals surface area contributed by atoms with Crippen molar-refractivity contribution in [2.45, 2.75) is 77.0 Å². The number of rotatable bonds is 4. The molecule has 0 unspecified atom stereocenters. The van der Waals surface area contributed by atoms with Gasteiger partial charge in [-0.1, -0.05) is 59.8 Å². The maximum Gasteiger partial charge on any atom is 0.118 e. The molecule has 0 heterocycles. The van der Waals surface area contributed by atoms with Crippen molar-refractivity contribution in [1.29, 1.82) is 0 Å².